The maximum Gasteiger partial charge on any atom is 0.203 e. The Hall–Kier alpha value is -2.77. The first-order valence-corrected chi connectivity index (χ1v) is 10.1. The topological polar surface area (TPSA) is 58.2 Å². The van der Waals surface area contributed by atoms with Gasteiger partial charge < -0.3 is 10.6 Å². The molecule has 1 unspecified atom stereocenters. The van der Waals surface area contributed by atoms with Crippen molar-refractivity contribution in [1.29, 1.82) is 0 Å². The highest BCUT2D eigenvalue weighted by molar-refractivity contribution is 7.91. The van der Waals surface area contributed by atoms with Crippen LogP contribution in [0.15, 0.2) is 89.8 Å². The second-order valence-electron chi connectivity index (χ2n) is 5.72. The molecule has 3 aromatic rings. The number of rotatable bonds is 5. The Bertz CT molecular complexity index is 1030. The van der Waals surface area contributed by atoms with E-state index in [1.165, 1.54) is 30.3 Å². The molecular weight excluding hydrogens is 383 g/mol. The SMILES string of the molecule is O=S(=O)(c1ccccc1)C(NC(=S)Nc1ccccc1)c1ccccc1F. The van der Waals surface area contributed by atoms with Gasteiger partial charge in [0.25, 0.3) is 0 Å². The van der Waals surface area contributed by atoms with Crippen LogP contribution in [0.25, 0.3) is 0 Å². The van der Waals surface area contributed by atoms with E-state index in [4.69, 9.17) is 12.2 Å². The van der Waals surface area contributed by atoms with Gasteiger partial charge in [0, 0.05) is 11.3 Å². The minimum atomic E-state index is -3.94. The molecule has 0 aromatic heterocycles. The minimum absolute atomic E-state index is 0.00133. The standard InChI is InChI=1S/C20H17FN2O2S2/c21-18-14-8-7-13-17(18)19(27(24,25)16-11-5-2-6-12-16)23-20(26)22-15-9-3-1-4-10-15/h1-14,19H,(H2,22,23,26). The van der Waals surface area contributed by atoms with Crippen molar-refractivity contribution in [3.8, 4) is 0 Å². The maximum atomic E-state index is 14.4. The first kappa shape index (κ1) is 19.0. The lowest BCUT2D eigenvalue weighted by atomic mass is 10.2. The molecule has 4 nitrogen and oxygen atoms in total. The Morgan fingerprint density at radius 3 is 2.04 bits per heavy atom. The highest BCUT2D eigenvalue weighted by Crippen LogP contribution is 2.28. The number of sulfone groups is 1. The van der Waals surface area contributed by atoms with E-state index in [-0.39, 0.29) is 15.6 Å². The Kier molecular flexibility index (Phi) is 5.83. The third-order valence-electron chi connectivity index (χ3n) is 3.86. The summed E-state index contributed by atoms with van der Waals surface area (Å²) in [5.74, 6) is -0.628. The van der Waals surface area contributed by atoms with Gasteiger partial charge in [0.15, 0.2) is 10.5 Å². The van der Waals surface area contributed by atoms with Crippen LogP contribution >= 0.6 is 12.2 Å². The van der Waals surface area contributed by atoms with Gasteiger partial charge in [-0.05, 0) is 42.5 Å². The smallest absolute Gasteiger partial charge is 0.203 e. The number of benzene rings is 3. The lowest BCUT2D eigenvalue weighted by molar-refractivity contribution is 0.561. The van der Waals surface area contributed by atoms with Gasteiger partial charge in [-0.15, -0.1) is 0 Å². The molecule has 7 heteroatoms. The number of halogens is 1. The summed E-state index contributed by atoms with van der Waals surface area (Å²) in [4.78, 5) is 0.0771. The number of hydrogen-bond donors (Lipinski definition) is 2. The average Bonchev–Trinajstić information content (AvgIpc) is 2.68. The Morgan fingerprint density at radius 2 is 1.41 bits per heavy atom. The molecule has 0 bridgehead atoms. The predicted octanol–water partition coefficient (Wildman–Crippen LogP) is 4.28. The monoisotopic (exact) mass is 400 g/mol. The number of anilines is 1. The minimum Gasteiger partial charge on any atom is -0.342 e. The van der Waals surface area contributed by atoms with E-state index in [0.29, 0.717) is 5.69 Å². The first-order chi connectivity index (χ1) is 13.0. The lowest BCUT2D eigenvalue weighted by Crippen LogP contribution is -2.37. The van der Waals surface area contributed by atoms with Crippen molar-refractivity contribution in [1.82, 2.24) is 5.32 Å². The van der Waals surface area contributed by atoms with Crippen LogP contribution in [0, 0.1) is 5.82 Å². The van der Waals surface area contributed by atoms with Gasteiger partial charge in [0.2, 0.25) is 9.84 Å². The van der Waals surface area contributed by atoms with Crippen LogP contribution in [0.5, 0.6) is 0 Å². The van der Waals surface area contributed by atoms with Crippen molar-refractivity contribution in [2.45, 2.75) is 10.3 Å². The Morgan fingerprint density at radius 1 is 0.852 bits per heavy atom. The molecular formula is C20H17FN2O2S2. The zero-order chi connectivity index (χ0) is 19.3. The molecule has 3 aromatic carbocycles. The second-order valence-corrected chi connectivity index (χ2v) is 8.17. The van der Waals surface area contributed by atoms with Crippen LogP contribution in [-0.2, 0) is 9.84 Å². The summed E-state index contributed by atoms with van der Waals surface area (Å²) < 4.78 is 40.7. The van der Waals surface area contributed by atoms with Crippen molar-refractivity contribution in [3.05, 3.63) is 96.3 Å². The fourth-order valence-corrected chi connectivity index (χ4v) is 4.48. The first-order valence-electron chi connectivity index (χ1n) is 8.14. The summed E-state index contributed by atoms with van der Waals surface area (Å²) in [6, 6.07) is 22.7. The van der Waals surface area contributed by atoms with Crippen molar-refractivity contribution in [2.24, 2.45) is 0 Å². The van der Waals surface area contributed by atoms with Crippen molar-refractivity contribution < 1.29 is 12.8 Å². The molecule has 0 aliphatic carbocycles. The Balaban J connectivity index is 1.96. The fourth-order valence-electron chi connectivity index (χ4n) is 2.56. The molecule has 0 aliphatic rings. The summed E-state index contributed by atoms with van der Waals surface area (Å²) >= 11 is 5.27. The number of thiocarbonyl (C=S) groups is 1. The summed E-state index contributed by atoms with van der Waals surface area (Å²) in [5.41, 5.74) is 0.693. The number of hydrogen-bond acceptors (Lipinski definition) is 3. The van der Waals surface area contributed by atoms with Gasteiger partial charge in [0.05, 0.1) is 4.90 Å². The van der Waals surface area contributed by atoms with Crippen LogP contribution in [0.2, 0.25) is 0 Å². The molecule has 0 aliphatic heterocycles. The summed E-state index contributed by atoms with van der Waals surface area (Å²) in [6.07, 6.45) is 0. The zero-order valence-electron chi connectivity index (χ0n) is 14.2. The summed E-state index contributed by atoms with van der Waals surface area (Å²) in [6.45, 7) is 0. The number of nitrogens with one attached hydrogen (secondary N) is 2. The molecule has 0 heterocycles. The van der Waals surface area contributed by atoms with Crippen LogP contribution < -0.4 is 10.6 Å². The van der Waals surface area contributed by atoms with Crippen molar-refractivity contribution in [3.63, 3.8) is 0 Å². The normalized spacial score (nSPS) is 12.2. The van der Waals surface area contributed by atoms with Gasteiger partial charge in [0.1, 0.15) is 5.82 Å². The van der Waals surface area contributed by atoms with E-state index in [2.05, 4.69) is 10.6 Å². The second kappa shape index (κ2) is 8.28. The van der Waals surface area contributed by atoms with Gasteiger partial charge in [-0.25, -0.2) is 12.8 Å². The van der Waals surface area contributed by atoms with Crippen molar-refractivity contribution in [2.75, 3.05) is 5.32 Å². The third kappa shape index (κ3) is 4.50. The van der Waals surface area contributed by atoms with E-state index >= 15 is 0 Å². The van der Waals surface area contributed by atoms with Crippen LogP contribution in [-0.4, -0.2) is 13.5 Å². The summed E-state index contributed by atoms with van der Waals surface area (Å²) in [7, 11) is -3.94. The van der Waals surface area contributed by atoms with Crippen molar-refractivity contribution >= 4 is 32.9 Å². The molecule has 0 radical (unpaired) electrons. The van der Waals surface area contributed by atoms with E-state index in [0.717, 1.165) is 0 Å². The third-order valence-corrected chi connectivity index (χ3v) is 6.01. The molecule has 27 heavy (non-hydrogen) atoms. The van der Waals surface area contributed by atoms with Crippen LogP contribution in [0.4, 0.5) is 10.1 Å². The zero-order valence-corrected chi connectivity index (χ0v) is 15.8. The highest BCUT2D eigenvalue weighted by atomic mass is 32.2. The quantitative estimate of drug-likeness (QED) is 0.626. The van der Waals surface area contributed by atoms with Gasteiger partial charge in [-0.3, -0.25) is 0 Å². The largest absolute Gasteiger partial charge is 0.342 e. The average molecular weight is 401 g/mol. The predicted molar refractivity (Wildman–Crippen MR) is 109 cm³/mol. The highest BCUT2D eigenvalue weighted by Gasteiger charge is 2.31. The van der Waals surface area contributed by atoms with E-state index in [1.54, 1.807) is 36.4 Å². The fraction of sp³-hybridized carbons (Fsp3) is 0.0500. The van der Waals surface area contributed by atoms with Gasteiger partial charge >= 0.3 is 0 Å². The van der Waals surface area contributed by atoms with E-state index in [9.17, 15) is 12.8 Å². The molecule has 0 saturated heterocycles. The summed E-state index contributed by atoms with van der Waals surface area (Å²) in [5, 5.41) is 4.38. The van der Waals surface area contributed by atoms with Crippen LogP contribution in [0.1, 0.15) is 10.9 Å². The number of para-hydroxylation sites is 1. The molecule has 0 fully saturated rings. The van der Waals surface area contributed by atoms with Gasteiger partial charge in [-0.2, -0.15) is 0 Å². The molecule has 0 spiro atoms. The molecule has 0 amide bonds. The molecule has 1 atom stereocenters. The Labute approximate surface area is 163 Å². The van der Waals surface area contributed by atoms with E-state index in [1.807, 2.05) is 18.2 Å². The van der Waals surface area contributed by atoms with E-state index < -0.39 is 21.0 Å². The molecule has 138 valence electrons. The maximum absolute atomic E-state index is 14.4. The molecule has 3 rings (SSSR count). The lowest BCUT2D eigenvalue weighted by Gasteiger charge is -2.22. The molecule has 0 saturated carbocycles. The van der Waals surface area contributed by atoms with Gasteiger partial charge in [-0.1, -0.05) is 54.6 Å². The van der Waals surface area contributed by atoms with Crippen LogP contribution in [0.3, 0.4) is 0 Å². The molecule has 2 N–H and O–H groups in total.